The van der Waals surface area contributed by atoms with Gasteiger partial charge in [0.2, 0.25) is 17.7 Å². The number of nitrogens with two attached hydrogens (primary N) is 1. The van der Waals surface area contributed by atoms with E-state index in [1.54, 1.807) is 54.7 Å². The lowest BCUT2D eigenvalue weighted by Crippen LogP contribution is -2.56. The molecule has 0 radical (unpaired) electrons. The van der Waals surface area contributed by atoms with Crippen LogP contribution in [-0.2, 0) is 20.9 Å². The number of hydrogen-bond acceptors (Lipinski definition) is 7. The zero-order valence-corrected chi connectivity index (χ0v) is 24.2. The van der Waals surface area contributed by atoms with Crippen molar-refractivity contribution in [1.29, 1.82) is 0 Å². The van der Waals surface area contributed by atoms with Crippen molar-refractivity contribution in [2.24, 2.45) is 5.73 Å². The molecule has 2 aliphatic rings. The number of nitrogens with zero attached hydrogens (tertiary/aromatic N) is 6. The van der Waals surface area contributed by atoms with Crippen LogP contribution in [0.4, 0.5) is 10.1 Å². The average molecular weight is 619 g/mol. The van der Waals surface area contributed by atoms with Crippen molar-refractivity contribution in [1.82, 2.24) is 30.2 Å². The number of rotatable bonds is 7. The van der Waals surface area contributed by atoms with Gasteiger partial charge in [-0.1, -0.05) is 29.8 Å². The van der Waals surface area contributed by atoms with Crippen LogP contribution >= 0.6 is 11.6 Å². The summed E-state index contributed by atoms with van der Waals surface area (Å²) in [6.07, 6.45) is 2.50. The minimum Gasteiger partial charge on any atom is -0.364 e. The van der Waals surface area contributed by atoms with Gasteiger partial charge in [-0.3, -0.25) is 23.9 Å². The van der Waals surface area contributed by atoms with E-state index in [4.69, 9.17) is 17.3 Å². The molecule has 0 saturated carbocycles. The number of halogens is 2. The van der Waals surface area contributed by atoms with Gasteiger partial charge in [-0.25, -0.2) is 4.39 Å². The molecule has 4 amide bonds. The summed E-state index contributed by atoms with van der Waals surface area (Å²) in [5.41, 5.74) is 8.07. The fourth-order valence-corrected chi connectivity index (χ4v) is 6.08. The topological polar surface area (TPSA) is 156 Å². The molecule has 2 aromatic carbocycles. The van der Waals surface area contributed by atoms with Crippen LogP contribution in [0.15, 0.2) is 60.9 Å². The van der Waals surface area contributed by atoms with E-state index in [1.165, 1.54) is 15.8 Å². The number of alkyl halides is 1. The van der Waals surface area contributed by atoms with Crippen LogP contribution in [0.25, 0.3) is 22.0 Å². The van der Waals surface area contributed by atoms with Gasteiger partial charge in [-0.2, -0.15) is 15.3 Å². The zero-order chi connectivity index (χ0) is 31.0. The van der Waals surface area contributed by atoms with Gasteiger partial charge < -0.3 is 20.9 Å². The Morgan fingerprint density at radius 3 is 2.66 bits per heavy atom. The molecule has 2 fully saturated rings. The molecule has 4 aromatic rings. The molecule has 2 saturated heterocycles. The molecular formula is C30H28ClFN8O4. The van der Waals surface area contributed by atoms with Crippen LogP contribution in [0.3, 0.4) is 0 Å². The fraction of sp³-hybridized carbons (Fsp3) is 0.300. The molecule has 3 unspecified atom stereocenters. The molecule has 0 aliphatic carbocycles. The average Bonchev–Trinajstić information content (AvgIpc) is 3.59. The Morgan fingerprint density at radius 1 is 1.09 bits per heavy atom. The largest absolute Gasteiger partial charge is 0.364 e. The first kappa shape index (κ1) is 29.2. The van der Waals surface area contributed by atoms with Crippen molar-refractivity contribution in [2.75, 3.05) is 18.0 Å². The number of fused-ring (bicyclic) bond motifs is 1. The predicted molar refractivity (Wildman–Crippen MR) is 159 cm³/mol. The third-order valence-electron chi connectivity index (χ3n) is 7.96. The summed E-state index contributed by atoms with van der Waals surface area (Å²) in [5.74, 6) is -2.29. The van der Waals surface area contributed by atoms with Gasteiger partial charge >= 0.3 is 0 Å². The monoisotopic (exact) mass is 618 g/mol. The Kier molecular flexibility index (Phi) is 7.95. The Balaban J connectivity index is 1.20. The molecule has 226 valence electrons. The highest BCUT2D eigenvalue weighted by Crippen LogP contribution is 2.30. The molecule has 2 aliphatic heterocycles. The second-order valence-electron chi connectivity index (χ2n) is 10.8. The molecule has 3 N–H and O–H groups in total. The predicted octanol–water partition coefficient (Wildman–Crippen LogP) is 2.50. The van der Waals surface area contributed by atoms with Gasteiger partial charge in [0.25, 0.3) is 5.91 Å². The molecule has 0 bridgehead atoms. The number of para-hydroxylation sites is 1. The molecule has 3 atom stereocenters. The number of carbonyl (C=O) groups excluding carboxylic acids is 4. The highest BCUT2D eigenvalue weighted by atomic mass is 35.5. The van der Waals surface area contributed by atoms with Crippen molar-refractivity contribution in [3.63, 3.8) is 0 Å². The number of aromatic nitrogens is 4. The standard InChI is InChI=1S/C30H28ClFN8O4/c31-21-4-1-2-6-24(21)38-11-3-5-22(30(38)44)36-29(43)25-13-19(32)15-39(25)26(41)16-40-23-8-7-17(18-9-10-34-35-14-18)12-20(23)27(37-40)28(33)42/h1-2,4,6-10,12,14,19,22,25H,3,5,11,13,15-16H2,(H2,33,42)(H,36,43). The fourth-order valence-electron chi connectivity index (χ4n) is 5.84. The summed E-state index contributed by atoms with van der Waals surface area (Å²) in [6.45, 7) is -0.205. The van der Waals surface area contributed by atoms with Gasteiger partial charge in [0.1, 0.15) is 24.8 Å². The first-order chi connectivity index (χ1) is 21.2. The number of hydrogen-bond donors (Lipinski definition) is 2. The summed E-state index contributed by atoms with van der Waals surface area (Å²) in [5, 5.41) is 15.5. The van der Waals surface area contributed by atoms with Crippen LogP contribution in [0, 0.1) is 0 Å². The second-order valence-corrected chi connectivity index (χ2v) is 11.2. The van der Waals surface area contributed by atoms with Crippen LogP contribution < -0.4 is 16.0 Å². The number of likely N-dealkylation sites (tertiary alicyclic amines) is 1. The molecule has 4 heterocycles. The van der Waals surface area contributed by atoms with E-state index in [1.807, 2.05) is 0 Å². The van der Waals surface area contributed by atoms with Gasteiger partial charge in [-0.05, 0) is 48.7 Å². The van der Waals surface area contributed by atoms with Gasteiger partial charge in [0.05, 0.1) is 35.2 Å². The summed E-state index contributed by atoms with van der Waals surface area (Å²) in [4.78, 5) is 55.1. The lowest BCUT2D eigenvalue weighted by Gasteiger charge is -2.34. The Hall–Kier alpha value is -4.91. The second kappa shape index (κ2) is 12.0. The lowest BCUT2D eigenvalue weighted by atomic mass is 10.0. The number of anilines is 1. The Labute approximate surface area is 255 Å². The number of benzene rings is 2. The first-order valence-corrected chi connectivity index (χ1v) is 14.5. The SMILES string of the molecule is NC(=O)c1nn(CC(=O)N2CC(F)CC2C(=O)NC2CCCN(c3ccccc3Cl)C2=O)c2ccc(-c3ccnnc3)cc12. The smallest absolute Gasteiger partial charge is 0.269 e. The minimum absolute atomic E-state index is 0.0327. The molecule has 12 nitrogen and oxygen atoms in total. The maximum absolute atomic E-state index is 14.7. The number of piperidine rings is 1. The van der Waals surface area contributed by atoms with E-state index >= 15 is 0 Å². The van der Waals surface area contributed by atoms with E-state index < -0.39 is 36.0 Å². The van der Waals surface area contributed by atoms with Crippen molar-refractivity contribution in [2.45, 2.75) is 44.1 Å². The quantitative estimate of drug-likeness (QED) is 0.322. The van der Waals surface area contributed by atoms with Gasteiger partial charge in [-0.15, -0.1) is 0 Å². The molecule has 14 heteroatoms. The summed E-state index contributed by atoms with van der Waals surface area (Å²) in [7, 11) is 0. The number of carbonyl (C=O) groups is 4. The summed E-state index contributed by atoms with van der Waals surface area (Å²) >= 11 is 6.30. The van der Waals surface area contributed by atoms with Gasteiger partial charge in [0, 0.05) is 23.9 Å². The van der Waals surface area contributed by atoms with E-state index in [0.29, 0.717) is 41.0 Å². The molecule has 0 spiro atoms. The van der Waals surface area contributed by atoms with Crippen molar-refractivity contribution in [3.05, 3.63) is 71.6 Å². The van der Waals surface area contributed by atoms with E-state index in [0.717, 1.165) is 16.0 Å². The molecule has 44 heavy (non-hydrogen) atoms. The minimum atomic E-state index is -1.43. The summed E-state index contributed by atoms with van der Waals surface area (Å²) in [6, 6.07) is 11.9. The summed E-state index contributed by atoms with van der Waals surface area (Å²) < 4.78 is 16.0. The number of primary amides is 1. The maximum Gasteiger partial charge on any atom is 0.269 e. The van der Waals surface area contributed by atoms with Gasteiger partial charge in [0.15, 0.2) is 5.69 Å². The number of nitrogens with one attached hydrogen (secondary N) is 1. The third kappa shape index (κ3) is 5.57. The van der Waals surface area contributed by atoms with Crippen LogP contribution in [-0.4, -0.2) is 79.9 Å². The normalized spacial score (nSPS) is 20.2. The third-order valence-corrected chi connectivity index (χ3v) is 8.28. The number of amides is 4. The molecule has 6 rings (SSSR count). The van der Waals surface area contributed by atoms with E-state index in [2.05, 4.69) is 20.6 Å². The lowest BCUT2D eigenvalue weighted by molar-refractivity contribution is -0.140. The highest BCUT2D eigenvalue weighted by Gasteiger charge is 2.42. The Bertz CT molecular complexity index is 1770. The highest BCUT2D eigenvalue weighted by molar-refractivity contribution is 6.33. The van der Waals surface area contributed by atoms with Crippen molar-refractivity contribution >= 4 is 51.8 Å². The van der Waals surface area contributed by atoms with Crippen LogP contribution in [0.2, 0.25) is 5.02 Å². The van der Waals surface area contributed by atoms with Crippen molar-refractivity contribution < 1.29 is 23.6 Å². The Morgan fingerprint density at radius 2 is 1.91 bits per heavy atom. The van der Waals surface area contributed by atoms with Crippen LogP contribution in [0.5, 0.6) is 0 Å². The first-order valence-electron chi connectivity index (χ1n) is 14.1. The molecular weight excluding hydrogens is 591 g/mol. The van der Waals surface area contributed by atoms with E-state index in [9.17, 15) is 23.6 Å². The van der Waals surface area contributed by atoms with Crippen molar-refractivity contribution in [3.8, 4) is 11.1 Å². The maximum atomic E-state index is 14.7. The zero-order valence-electron chi connectivity index (χ0n) is 23.4. The van der Waals surface area contributed by atoms with E-state index in [-0.39, 0.29) is 31.1 Å². The molecule has 2 aromatic heterocycles. The van der Waals surface area contributed by atoms with Crippen LogP contribution in [0.1, 0.15) is 29.8 Å².